The molecule has 9 heavy (non-hydrogen) atoms. The predicted molar refractivity (Wildman–Crippen MR) is 40.7 cm³/mol. The monoisotopic (exact) mass is 146 g/mol. The van der Waals surface area contributed by atoms with E-state index in [-0.39, 0.29) is 12.0 Å². The second-order valence-electron chi connectivity index (χ2n) is 1.65. The van der Waals surface area contributed by atoms with Crippen molar-refractivity contribution in [1.29, 1.82) is 0 Å². The molecule has 0 radical (unpaired) electrons. The second-order valence-corrected chi connectivity index (χ2v) is 2.21. The highest BCUT2D eigenvalue weighted by Gasteiger charge is 1.94. The number of rotatable bonds is 4. The molecule has 52 valence electrons. The standard InChI is InChI=1S/C7H11ClO/c1-2-3-4-7(8)5-6-9/h2-4,7,9H,1,5-6H2. The highest BCUT2D eigenvalue weighted by atomic mass is 35.5. The first-order valence-corrected chi connectivity index (χ1v) is 3.29. The highest BCUT2D eigenvalue weighted by Crippen LogP contribution is 2.01. The third-order valence-corrected chi connectivity index (χ3v) is 1.22. The zero-order valence-corrected chi connectivity index (χ0v) is 6.01. The SMILES string of the molecule is C=CC=CC(Cl)CCO. The quantitative estimate of drug-likeness (QED) is 0.473. The van der Waals surface area contributed by atoms with Crippen molar-refractivity contribution in [3.8, 4) is 0 Å². The zero-order chi connectivity index (χ0) is 7.11. The maximum atomic E-state index is 8.39. The molecule has 0 aromatic carbocycles. The Kier molecular flexibility index (Phi) is 5.68. The van der Waals surface area contributed by atoms with Crippen molar-refractivity contribution in [1.82, 2.24) is 0 Å². The van der Waals surface area contributed by atoms with E-state index in [4.69, 9.17) is 16.7 Å². The smallest absolute Gasteiger partial charge is 0.0540 e. The second kappa shape index (κ2) is 5.86. The minimum absolute atomic E-state index is 0.0620. The number of halogens is 1. The fourth-order valence-corrected chi connectivity index (χ4v) is 0.600. The first-order chi connectivity index (χ1) is 4.31. The fourth-order valence-electron chi connectivity index (χ4n) is 0.419. The molecule has 0 aliphatic carbocycles. The molecule has 0 saturated carbocycles. The summed E-state index contributed by atoms with van der Waals surface area (Å²) in [6.45, 7) is 3.62. The maximum Gasteiger partial charge on any atom is 0.0540 e. The molecule has 0 fully saturated rings. The molecule has 0 bridgehead atoms. The van der Waals surface area contributed by atoms with E-state index in [1.807, 2.05) is 0 Å². The molecule has 0 amide bonds. The molecule has 0 heterocycles. The summed E-state index contributed by atoms with van der Waals surface area (Å²) < 4.78 is 0. The number of hydrogen-bond donors (Lipinski definition) is 1. The van der Waals surface area contributed by atoms with Crippen molar-refractivity contribution in [2.45, 2.75) is 11.8 Å². The average molecular weight is 147 g/mol. The van der Waals surface area contributed by atoms with Gasteiger partial charge < -0.3 is 5.11 Å². The van der Waals surface area contributed by atoms with E-state index in [1.165, 1.54) is 0 Å². The van der Waals surface area contributed by atoms with E-state index < -0.39 is 0 Å². The Labute approximate surface area is 60.6 Å². The van der Waals surface area contributed by atoms with Crippen LogP contribution in [-0.2, 0) is 0 Å². The van der Waals surface area contributed by atoms with E-state index in [9.17, 15) is 0 Å². The van der Waals surface area contributed by atoms with Crippen LogP contribution in [0.4, 0.5) is 0 Å². The summed E-state index contributed by atoms with van der Waals surface area (Å²) in [5.41, 5.74) is 0. The number of aliphatic hydroxyl groups excluding tert-OH is 1. The van der Waals surface area contributed by atoms with Crippen LogP contribution in [0, 0.1) is 0 Å². The van der Waals surface area contributed by atoms with Crippen LogP contribution in [0.25, 0.3) is 0 Å². The minimum atomic E-state index is -0.0620. The van der Waals surface area contributed by atoms with E-state index in [0.29, 0.717) is 6.42 Å². The normalized spacial score (nSPS) is 14.0. The predicted octanol–water partition coefficient (Wildman–Crippen LogP) is 1.72. The van der Waals surface area contributed by atoms with E-state index in [1.54, 1.807) is 18.2 Å². The van der Waals surface area contributed by atoms with E-state index in [0.717, 1.165) is 0 Å². The van der Waals surface area contributed by atoms with Crippen molar-refractivity contribution in [2.24, 2.45) is 0 Å². The zero-order valence-electron chi connectivity index (χ0n) is 5.26. The molecule has 0 aliphatic heterocycles. The molecule has 0 aromatic heterocycles. The van der Waals surface area contributed by atoms with Gasteiger partial charge in [-0.15, -0.1) is 11.6 Å². The van der Waals surface area contributed by atoms with Crippen LogP contribution in [0.2, 0.25) is 0 Å². The first kappa shape index (κ1) is 8.73. The Morgan fingerprint density at radius 2 is 2.33 bits per heavy atom. The van der Waals surface area contributed by atoms with Gasteiger partial charge in [-0.05, 0) is 6.42 Å². The Morgan fingerprint density at radius 1 is 1.67 bits per heavy atom. The van der Waals surface area contributed by atoms with E-state index >= 15 is 0 Å². The van der Waals surface area contributed by atoms with Crippen LogP contribution in [0.3, 0.4) is 0 Å². The van der Waals surface area contributed by atoms with Gasteiger partial charge in [-0.3, -0.25) is 0 Å². The van der Waals surface area contributed by atoms with Crippen LogP contribution < -0.4 is 0 Å². The number of allylic oxidation sites excluding steroid dienone is 3. The van der Waals surface area contributed by atoms with Crippen LogP contribution >= 0.6 is 11.6 Å². The van der Waals surface area contributed by atoms with Crippen LogP contribution in [0.1, 0.15) is 6.42 Å². The summed E-state index contributed by atoms with van der Waals surface area (Å²) in [5.74, 6) is 0. The molecular weight excluding hydrogens is 136 g/mol. The molecule has 0 aromatic rings. The minimum Gasteiger partial charge on any atom is -0.396 e. The van der Waals surface area contributed by atoms with Crippen LogP contribution in [-0.4, -0.2) is 17.1 Å². The van der Waals surface area contributed by atoms with Crippen molar-refractivity contribution >= 4 is 11.6 Å². The summed E-state index contributed by atoms with van der Waals surface area (Å²) in [5, 5.41) is 8.33. The van der Waals surface area contributed by atoms with Crippen molar-refractivity contribution in [3.05, 3.63) is 24.8 Å². The molecule has 0 rings (SSSR count). The lowest BCUT2D eigenvalue weighted by Gasteiger charge is -1.96. The molecule has 1 atom stereocenters. The Hall–Kier alpha value is -0.270. The number of hydrogen-bond acceptors (Lipinski definition) is 1. The maximum absolute atomic E-state index is 8.39. The number of alkyl halides is 1. The lowest BCUT2D eigenvalue weighted by Crippen LogP contribution is -1.95. The van der Waals surface area contributed by atoms with Gasteiger partial charge in [0.05, 0.1) is 5.38 Å². The van der Waals surface area contributed by atoms with E-state index in [2.05, 4.69) is 6.58 Å². The summed E-state index contributed by atoms with van der Waals surface area (Å²) in [6.07, 6.45) is 5.83. The van der Waals surface area contributed by atoms with Crippen molar-refractivity contribution in [3.63, 3.8) is 0 Å². The largest absolute Gasteiger partial charge is 0.396 e. The topological polar surface area (TPSA) is 20.2 Å². The van der Waals surface area contributed by atoms with Gasteiger partial charge in [0.15, 0.2) is 0 Å². The molecule has 0 aliphatic rings. The Balaban J connectivity index is 3.35. The van der Waals surface area contributed by atoms with Gasteiger partial charge in [-0.1, -0.05) is 24.8 Å². The molecule has 1 nitrogen and oxygen atoms in total. The third-order valence-electron chi connectivity index (χ3n) is 0.861. The lowest BCUT2D eigenvalue weighted by atomic mass is 10.3. The van der Waals surface area contributed by atoms with Gasteiger partial charge in [0.2, 0.25) is 0 Å². The first-order valence-electron chi connectivity index (χ1n) is 2.85. The molecule has 2 heteroatoms. The summed E-state index contributed by atoms with van der Waals surface area (Å²) in [6, 6.07) is 0. The lowest BCUT2D eigenvalue weighted by molar-refractivity contribution is 0.290. The van der Waals surface area contributed by atoms with Crippen LogP contribution in [0.5, 0.6) is 0 Å². The van der Waals surface area contributed by atoms with Crippen molar-refractivity contribution < 1.29 is 5.11 Å². The van der Waals surface area contributed by atoms with Gasteiger partial charge in [0.25, 0.3) is 0 Å². The fraction of sp³-hybridized carbons (Fsp3) is 0.429. The summed E-state index contributed by atoms with van der Waals surface area (Å²) in [7, 11) is 0. The molecule has 0 saturated heterocycles. The Bertz CT molecular complexity index is 99.1. The summed E-state index contributed by atoms with van der Waals surface area (Å²) in [4.78, 5) is 0. The molecular formula is C7H11ClO. The number of aliphatic hydroxyl groups is 1. The Morgan fingerprint density at radius 3 is 2.78 bits per heavy atom. The molecule has 1 unspecified atom stereocenters. The van der Waals surface area contributed by atoms with Gasteiger partial charge >= 0.3 is 0 Å². The highest BCUT2D eigenvalue weighted by molar-refractivity contribution is 6.21. The van der Waals surface area contributed by atoms with Gasteiger partial charge in [0.1, 0.15) is 0 Å². The van der Waals surface area contributed by atoms with Gasteiger partial charge in [-0.25, -0.2) is 0 Å². The molecule has 1 N–H and O–H groups in total. The van der Waals surface area contributed by atoms with Gasteiger partial charge in [0, 0.05) is 6.61 Å². The van der Waals surface area contributed by atoms with Crippen molar-refractivity contribution in [2.75, 3.05) is 6.61 Å². The average Bonchev–Trinajstić information content (AvgIpc) is 1.85. The molecule has 0 spiro atoms. The van der Waals surface area contributed by atoms with Gasteiger partial charge in [-0.2, -0.15) is 0 Å². The van der Waals surface area contributed by atoms with Crippen LogP contribution in [0.15, 0.2) is 24.8 Å². The summed E-state index contributed by atoms with van der Waals surface area (Å²) >= 11 is 5.67. The third kappa shape index (κ3) is 5.60.